The summed E-state index contributed by atoms with van der Waals surface area (Å²) in [5.41, 5.74) is 2.66. The van der Waals surface area contributed by atoms with Crippen molar-refractivity contribution in [2.24, 2.45) is 7.05 Å². The average molecular weight is 388 g/mol. The molecule has 0 aliphatic carbocycles. The Balaban J connectivity index is 1.56. The molecule has 6 nitrogen and oxygen atoms in total. The van der Waals surface area contributed by atoms with E-state index in [0.717, 1.165) is 22.2 Å². The third-order valence-electron chi connectivity index (χ3n) is 4.61. The molecule has 0 saturated heterocycles. The Morgan fingerprint density at radius 2 is 1.89 bits per heavy atom. The van der Waals surface area contributed by atoms with E-state index in [-0.39, 0.29) is 12.3 Å². The molecular formula is C20H24N2O4S. The summed E-state index contributed by atoms with van der Waals surface area (Å²) in [5, 5.41) is 11.4. The third-order valence-corrected chi connectivity index (χ3v) is 5.96. The summed E-state index contributed by atoms with van der Waals surface area (Å²) < 4.78 is 34.0. The second-order valence-corrected chi connectivity index (χ2v) is 8.45. The fourth-order valence-corrected chi connectivity index (χ4v) is 4.01. The van der Waals surface area contributed by atoms with Crippen molar-refractivity contribution in [1.82, 2.24) is 9.29 Å². The number of ether oxygens (including phenoxy) is 1. The highest BCUT2D eigenvalue weighted by atomic mass is 32.2. The quantitative estimate of drug-likeness (QED) is 0.621. The van der Waals surface area contributed by atoms with Crippen molar-refractivity contribution in [3.8, 4) is 5.75 Å². The van der Waals surface area contributed by atoms with Crippen molar-refractivity contribution in [3.63, 3.8) is 0 Å². The molecule has 144 valence electrons. The van der Waals surface area contributed by atoms with Gasteiger partial charge in [0.15, 0.2) is 0 Å². The number of rotatable bonds is 8. The lowest BCUT2D eigenvalue weighted by atomic mass is 10.1. The molecule has 0 aliphatic heterocycles. The van der Waals surface area contributed by atoms with Crippen LogP contribution in [-0.2, 0) is 23.5 Å². The van der Waals surface area contributed by atoms with Gasteiger partial charge in [-0.15, -0.1) is 0 Å². The maximum absolute atomic E-state index is 12.2. The molecule has 2 aromatic carbocycles. The second kappa shape index (κ2) is 8.12. The Bertz CT molecular complexity index is 1010. The van der Waals surface area contributed by atoms with Gasteiger partial charge in [-0.05, 0) is 53.3 Å². The summed E-state index contributed by atoms with van der Waals surface area (Å²) in [4.78, 5) is 0. The third kappa shape index (κ3) is 4.88. The van der Waals surface area contributed by atoms with E-state index >= 15 is 0 Å². The number of aryl methyl sites for hydroxylation is 2. The van der Waals surface area contributed by atoms with E-state index in [1.165, 1.54) is 0 Å². The predicted molar refractivity (Wildman–Crippen MR) is 106 cm³/mol. The van der Waals surface area contributed by atoms with E-state index < -0.39 is 16.1 Å². The van der Waals surface area contributed by atoms with Crippen molar-refractivity contribution in [2.75, 3.05) is 19.4 Å². The Kier molecular flexibility index (Phi) is 5.84. The van der Waals surface area contributed by atoms with Crippen LogP contribution in [0, 0.1) is 0 Å². The van der Waals surface area contributed by atoms with E-state index in [1.54, 1.807) is 19.2 Å². The first-order chi connectivity index (χ1) is 12.9. The van der Waals surface area contributed by atoms with E-state index in [1.807, 2.05) is 54.2 Å². The van der Waals surface area contributed by atoms with Gasteiger partial charge >= 0.3 is 0 Å². The largest absolute Gasteiger partial charge is 0.497 e. The van der Waals surface area contributed by atoms with Crippen LogP contribution in [0.2, 0.25) is 0 Å². The maximum atomic E-state index is 12.2. The Hall–Kier alpha value is -2.35. The molecule has 1 heterocycles. The SMILES string of the molecule is COc1ccc(CCS(=O)(=O)NCC(O)c2ccc3c(ccn3C)c2)cc1. The predicted octanol–water partition coefficient (Wildman–Crippen LogP) is 2.38. The zero-order valence-electron chi connectivity index (χ0n) is 15.4. The number of fused-ring (bicyclic) bond motifs is 1. The minimum atomic E-state index is -3.48. The highest BCUT2D eigenvalue weighted by Crippen LogP contribution is 2.21. The van der Waals surface area contributed by atoms with Crippen molar-refractivity contribution in [1.29, 1.82) is 0 Å². The number of aliphatic hydroxyl groups is 1. The molecule has 1 unspecified atom stereocenters. The van der Waals surface area contributed by atoms with Gasteiger partial charge in [0.2, 0.25) is 10.0 Å². The van der Waals surface area contributed by atoms with Gasteiger partial charge in [-0.2, -0.15) is 0 Å². The normalized spacial score (nSPS) is 13.0. The van der Waals surface area contributed by atoms with Crippen LogP contribution in [0.25, 0.3) is 10.9 Å². The molecule has 1 aromatic heterocycles. The summed E-state index contributed by atoms with van der Waals surface area (Å²) in [7, 11) is 0.0590. The fourth-order valence-electron chi connectivity index (χ4n) is 2.95. The molecule has 2 N–H and O–H groups in total. The van der Waals surface area contributed by atoms with E-state index in [0.29, 0.717) is 12.0 Å². The summed E-state index contributed by atoms with van der Waals surface area (Å²) in [6.07, 6.45) is 1.44. The molecule has 0 fully saturated rings. The lowest BCUT2D eigenvalue weighted by Gasteiger charge is -2.13. The molecule has 0 aliphatic rings. The van der Waals surface area contributed by atoms with Gasteiger partial charge in [0, 0.05) is 25.3 Å². The average Bonchev–Trinajstić information content (AvgIpc) is 3.05. The van der Waals surface area contributed by atoms with Gasteiger partial charge < -0.3 is 14.4 Å². The number of aromatic nitrogens is 1. The van der Waals surface area contributed by atoms with Crippen LogP contribution in [0.3, 0.4) is 0 Å². The maximum Gasteiger partial charge on any atom is 0.212 e. The Labute approximate surface area is 159 Å². The molecular weight excluding hydrogens is 364 g/mol. The first kappa shape index (κ1) is 19.4. The zero-order valence-corrected chi connectivity index (χ0v) is 16.2. The van der Waals surface area contributed by atoms with Gasteiger partial charge in [-0.3, -0.25) is 0 Å². The lowest BCUT2D eigenvalue weighted by Crippen LogP contribution is -2.31. The number of hydrogen-bond acceptors (Lipinski definition) is 4. The highest BCUT2D eigenvalue weighted by Gasteiger charge is 2.15. The van der Waals surface area contributed by atoms with Gasteiger partial charge in [-0.25, -0.2) is 13.1 Å². The monoisotopic (exact) mass is 388 g/mol. The number of methoxy groups -OCH3 is 1. The van der Waals surface area contributed by atoms with Crippen molar-refractivity contribution in [2.45, 2.75) is 12.5 Å². The molecule has 3 aromatic rings. The van der Waals surface area contributed by atoms with Crippen molar-refractivity contribution in [3.05, 3.63) is 65.9 Å². The second-order valence-electron chi connectivity index (χ2n) is 6.53. The molecule has 0 amide bonds. The molecule has 27 heavy (non-hydrogen) atoms. The topological polar surface area (TPSA) is 80.6 Å². The van der Waals surface area contributed by atoms with Crippen molar-refractivity contribution < 1.29 is 18.3 Å². The molecule has 0 spiro atoms. The van der Waals surface area contributed by atoms with Crippen LogP contribution in [-0.4, -0.2) is 37.5 Å². The number of nitrogens with zero attached hydrogens (tertiary/aromatic N) is 1. The van der Waals surface area contributed by atoms with Crippen molar-refractivity contribution >= 4 is 20.9 Å². The molecule has 1 atom stereocenters. The molecule has 0 radical (unpaired) electrons. The molecule has 0 bridgehead atoms. The van der Waals surface area contributed by atoms with E-state index in [2.05, 4.69) is 4.72 Å². The number of sulfonamides is 1. The van der Waals surface area contributed by atoms with Crippen LogP contribution in [0.1, 0.15) is 17.2 Å². The van der Waals surface area contributed by atoms with E-state index in [4.69, 9.17) is 4.74 Å². The number of nitrogens with one attached hydrogen (secondary N) is 1. The summed E-state index contributed by atoms with van der Waals surface area (Å²) >= 11 is 0. The number of benzene rings is 2. The van der Waals surface area contributed by atoms with Gasteiger partial charge in [0.1, 0.15) is 5.75 Å². The van der Waals surface area contributed by atoms with Gasteiger partial charge in [0.05, 0.1) is 19.0 Å². The van der Waals surface area contributed by atoms with Crippen LogP contribution < -0.4 is 9.46 Å². The summed E-state index contributed by atoms with van der Waals surface area (Å²) in [6.45, 7) is -0.0523. The smallest absolute Gasteiger partial charge is 0.212 e. The molecule has 7 heteroatoms. The van der Waals surface area contributed by atoms with Crippen LogP contribution in [0.5, 0.6) is 5.75 Å². The number of aliphatic hydroxyl groups excluding tert-OH is 1. The highest BCUT2D eigenvalue weighted by molar-refractivity contribution is 7.89. The Morgan fingerprint density at radius 3 is 2.59 bits per heavy atom. The summed E-state index contributed by atoms with van der Waals surface area (Å²) in [5.74, 6) is 0.697. The molecule has 3 rings (SSSR count). The first-order valence-corrected chi connectivity index (χ1v) is 10.4. The van der Waals surface area contributed by atoms with Gasteiger partial charge in [-0.1, -0.05) is 18.2 Å². The van der Waals surface area contributed by atoms with Crippen LogP contribution >= 0.6 is 0 Å². The van der Waals surface area contributed by atoms with Gasteiger partial charge in [0.25, 0.3) is 0 Å². The van der Waals surface area contributed by atoms with Crippen LogP contribution in [0.4, 0.5) is 0 Å². The number of hydrogen-bond donors (Lipinski definition) is 2. The fraction of sp³-hybridized carbons (Fsp3) is 0.300. The molecule has 0 saturated carbocycles. The first-order valence-electron chi connectivity index (χ1n) is 8.71. The summed E-state index contributed by atoms with van der Waals surface area (Å²) in [6, 6.07) is 14.9. The minimum absolute atomic E-state index is 0.0379. The standard InChI is InChI=1S/C20H24N2O4S/c1-22-11-9-16-13-17(5-8-19(16)22)20(23)14-21-27(24,25)12-10-15-3-6-18(26-2)7-4-15/h3-9,11,13,20-21,23H,10,12,14H2,1-2H3. The zero-order chi connectivity index (χ0) is 19.4. The Morgan fingerprint density at radius 1 is 1.15 bits per heavy atom. The van der Waals surface area contributed by atoms with E-state index in [9.17, 15) is 13.5 Å². The van der Waals surface area contributed by atoms with Crippen LogP contribution in [0.15, 0.2) is 54.7 Å². The lowest BCUT2D eigenvalue weighted by molar-refractivity contribution is 0.182. The minimum Gasteiger partial charge on any atom is -0.497 e.